The molecule has 0 bridgehead atoms. The summed E-state index contributed by atoms with van der Waals surface area (Å²) in [4.78, 5) is 37.8. The lowest BCUT2D eigenvalue weighted by Gasteiger charge is -2.32. The molecule has 2 aromatic carbocycles. The first kappa shape index (κ1) is 29.6. The molecule has 0 spiro atoms. The van der Waals surface area contributed by atoms with Gasteiger partial charge in [-0.15, -0.1) is 0 Å². The van der Waals surface area contributed by atoms with Gasteiger partial charge in [0.15, 0.2) is 0 Å². The monoisotopic (exact) mass is 617 g/mol. The minimum Gasteiger partial charge on any atom is -0.474 e. The highest BCUT2D eigenvalue weighted by Crippen LogP contribution is 2.43. The van der Waals surface area contributed by atoms with Crippen LogP contribution in [0.1, 0.15) is 56.1 Å². The molecule has 1 N–H and O–H groups in total. The van der Waals surface area contributed by atoms with Gasteiger partial charge in [0.25, 0.3) is 5.91 Å². The van der Waals surface area contributed by atoms with Crippen LogP contribution < -0.4 is 15.0 Å². The highest BCUT2D eigenvalue weighted by molar-refractivity contribution is 6.36. The summed E-state index contributed by atoms with van der Waals surface area (Å²) in [5, 5.41) is 4.33. The van der Waals surface area contributed by atoms with E-state index in [9.17, 15) is 9.59 Å². The van der Waals surface area contributed by atoms with Gasteiger partial charge in [0, 0.05) is 47.2 Å². The van der Waals surface area contributed by atoms with Gasteiger partial charge in [-0.3, -0.25) is 9.69 Å². The van der Waals surface area contributed by atoms with Gasteiger partial charge in [-0.05, 0) is 88.4 Å². The van der Waals surface area contributed by atoms with Crippen molar-refractivity contribution in [1.82, 2.24) is 14.9 Å². The summed E-state index contributed by atoms with van der Waals surface area (Å²) in [7, 11) is 1.79. The lowest BCUT2D eigenvalue weighted by Crippen LogP contribution is -2.42. The number of halogens is 2. The number of ether oxygens (including phenoxy) is 2. The number of anilines is 3. The Morgan fingerprint density at radius 3 is 2.59 bits per heavy atom. The molecule has 2 amide bonds. The Bertz CT molecular complexity index is 1870. The molecule has 4 aromatic rings. The lowest BCUT2D eigenvalue weighted by atomic mass is 9.93. The van der Waals surface area contributed by atoms with E-state index in [0.29, 0.717) is 39.0 Å². The molecular formula is C33H33ClFN5O4. The number of carbonyl (C=O) groups is 2. The summed E-state index contributed by atoms with van der Waals surface area (Å²) < 4.78 is 27.2. The number of pyridine rings is 2. The SMILES string of the molecule is Cc1c(-c2cc3cc(Nc4ccc5c(c4)C(C)(C)N(C)C5=O)ncc3c(Cl)c2F)cnc2c1N(C(=O)OC(C)(C)C)CCO2. The van der Waals surface area contributed by atoms with Crippen molar-refractivity contribution in [2.75, 3.05) is 30.4 Å². The Morgan fingerprint density at radius 1 is 1.11 bits per heavy atom. The second kappa shape index (κ2) is 10.3. The van der Waals surface area contributed by atoms with Crippen molar-refractivity contribution in [2.24, 2.45) is 0 Å². The van der Waals surface area contributed by atoms with E-state index in [1.165, 1.54) is 17.3 Å². The first-order valence-corrected chi connectivity index (χ1v) is 14.7. The maximum Gasteiger partial charge on any atom is 0.415 e. The van der Waals surface area contributed by atoms with Gasteiger partial charge in [-0.2, -0.15) is 0 Å². The molecule has 0 fully saturated rings. The Morgan fingerprint density at radius 2 is 1.86 bits per heavy atom. The standard InChI is InChI=1S/C33H33ClFN5O4/c1-17-22(15-37-29-28(17)40(10-11-43-29)31(42)44-32(2,3)4)21-12-18-13-25(36-16-23(18)26(34)27(21)35)38-19-8-9-20-24(14-19)33(5,6)39(7)30(20)41/h8-9,12-16H,10-11H2,1-7H3,(H,36,38). The molecule has 4 heterocycles. The molecule has 0 saturated heterocycles. The van der Waals surface area contributed by atoms with Crippen molar-refractivity contribution in [1.29, 1.82) is 0 Å². The summed E-state index contributed by atoms with van der Waals surface area (Å²) in [6.07, 6.45) is 2.52. The number of amides is 2. The van der Waals surface area contributed by atoms with E-state index in [2.05, 4.69) is 15.3 Å². The van der Waals surface area contributed by atoms with Crippen molar-refractivity contribution < 1.29 is 23.5 Å². The van der Waals surface area contributed by atoms with Crippen LogP contribution in [0.2, 0.25) is 5.02 Å². The number of hydrogen-bond acceptors (Lipinski definition) is 7. The lowest BCUT2D eigenvalue weighted by molar-refractivity contribution is 0.0565. The van der Waals surface area contributed by atoms with Crippen LogP contribution in [0.15, 0.2) is 42.7 Å². The minimum atomic E-state index is -0.698. The summed E-state index contributed by atoms with van der Waals surface area (Å²) in [6.45, 7) is 11.7. The molecule has 0 aliphatic carbocycles. The molecule has 228 valence electrons. The molecule has 2 aromatic heterocycles. The number of hydrogen-bond donors (Lipinski definition) is 1. The summed E-state index contributed by atoms with van der Waals surface area (Å²) in [5.74, 6) is 0.155. The van der Waals surface area contributed by atoms with E-state index >= 15 is 4.39 Å². The fourth-order valence-corrected chi connectivity index (χ4v) is 5.94. The van der Waals surface area contributed by atoms with E-state index in [1.54, 1.807) is 51.8 Å². The number of rotatable bonds is 3. The molecule has 44 heavy (non-hydrogen) atoms. The predicted octanol–water partition coefficient (Wildman–Crippen LogP) is 7.60. The van der Waals surface area contributed by atoms with Crippen LogP contribution in [0.5, 0.6) is 5.88 Å². The van der Waals surface area contributed by atoms with Crippen LogP contribution in [0, 0.1) is 12.7 Å². The second-order valence-electron chi connectivity index (χ2n) is 12.6. The molecule has 0 atom stereocenters. The van der Waals surface area contributed by atoms with E-state index in [1.807, 2.05) is 32.0 Å². The van der Waals surface area contributed by atoms with Gasteiger partial charge in [0.2, 0.25) is 5.88 Å². The highest BCUT2D eigenvalue weighted by atomic mass is 35.5. The van der Waals surface area contributed by atoms with Gasteiger partial charge in [0.05, 0.1) is 17.1 Å². The predicted molar refractivity (Wildman–Crippen MR) is 169 cm³/mol. The second-order valence-corrected chi connectivity index (χ2v) is 13.0. The zero-order valence-electron chi connectivity index (χ0n) is 25.6. The maximum absolute atomic E-state index is 15.8. The van der Waals surface area contributed by atoms with Crippen LogP contribution in [0.4, 0.5) is 26.4 Å². The van der Waals surface area contributed by atoms with Crippen molar-refractivity contribution in [3.63, 3.8) is 0 Å². The zero-order chi connectivity index (χ0) is 31.7. The molecule has 11 heteroatoms. The number of aromatic nitrogens is 2. The Kier molecular flexibility index (Phi) is 6.96. The third kappa shape index (κ3) is 4.87. The van der Waals surface area contributed by atoms with Gasteiger partial charge in [-0.1, -0.05) is 11.6 Å². The van der Waals surface area contributed by atoms with Crippen LogP contribution in [-0.4, -0.2) is 52.7 Å². The summed E-state index contributed by atoms with van der Waals surface area (Å²) >= 11 is 6.56. The molecular weight excluding hydrogens is 585 g/mol. The van der Waals surface area contributed by atoms with Crippen LogP contribution in [0.3, 0.4) is 0 Å². The number of benzene rings is 2. The fraction of sp³-hybridized carbons (Fsp3) is 0.333. The summed E-state index contributed by atoms with van der Waals surface area (Å²) in [5.41, 5.74) is 2.92. The minimum absolute atomic E-state index is 0.0164. The van der Waals surface area contributed by atoms with Crippen molar-refractivity contribution in [3.8, 4) is 17.0 Å². The Labute approximate surface area is 259 Å². The van der Waals surface area contributed by atoms with Crippen molar-refractivity contribution >= 4 is 51.6 Å². The first-order chi connectivity index (χ1) is 20.7. The molecule has 2 aliphatic heterocycles. The van der Waals surface area contributed by atoms with Gasteiger partial charge < -0.3 is 19.7 Å². The highest BCUT2D eigenvalue weighted by Gasteiger charge is 2.40. The molecule has 9 nitrogen and oxygen atoms in total. The Balaban J connectivity index is 1.39. The average molecular weight is 618 g/mol. The third-order valence-corrected chi connectivity index (χ3v) is 8.60. The summed E-state index contributed by atoms with van der Waals surface area (Å²) in [6, 6.07) is 9.08. The van der Waals surface area contributed by atoms with Crippen molar-refractivity contribution in [2.45, 2.75) is 52.7 Å². The maximum atomic E-state index is 15.8. The molecule has 0 radical (unpaired) electrons. The number of fused-ring (bicyclic) bond motifs is 3. The molecule has 2 aliphatic rings. The van der Waals surface area contributed by atoms with E-state index < -0.39 is 23.1 Å². The quantitative estimate of drug-likeness (QED) is 0.253. The average Bonchev–Trinajstić information content (AvgIpc) is 3.13. The molecule has 0 unspecified atom stereocenters. The Hall–Kier alpha value is -4.44. The zero-order valence-corrected chi connectivity index (χ0v) is 26.4. The topological polar surface area (TPSA) is 96.9 Å². The molecule has 6 rings (SSSR count). The van der Waals surface area contributed by atoms with Crippen LogP contribution in [-0.2, 0) is 10.3 Å². The van der Waals surface area contributed by atoms with E-state index in [4.69, 9.17) is 21.1 Å². The van der Waals surface area contributed by atoms with E-state index in [0.717, 1.165) is 11.3 Å². The van der Waals surface area contributed by atoms with E-state index in [-0.39, 0.29) is 35.5 Å². The van der Waals surface area contributed by atoms with Gasteiger partial charge in [0.1, 0.15) is 29.5 Å². The van der Waals surface area contributed by atoms with Gasteiger partial charge in [-0.25, -0.2) is 19.2 Å². The van der Waals surface area contributed by atoms with Crippen LogP contribution >= 0.6 is 11.6 Å². The van der Waals surface area contributed by atoms with Crippen molar-refractivity contribution in [3.05, 3.63) is 70.3 Å². The van der Waals surface area contributed by atoms with Crippen LogP contribution in [0.25, 0.3) is 21.9 Å². The largest absolute Gasteiger partial charge is 0.474 e. The normalized spacial score (nSPS) is 15.6. The fourth-order valence-electron chi connectivity index (χ4n) is 5.68. The van der Waals surface area contributed by atoms with Gasteiger partial charge >= 0.3 is 6.09 Å². The number of nitrogens with zero attached hydrogens (tertiary/aromatic N) is 4. The smallest absolute Gasteiger partial charge is 0.415 e. The first-order valence-electron chi connectivity index (χ1n) is 14.3. The molecule has 0 saturated carbocycles. The number of carbonyl (C=O) groups excluding carboxylic acids is 2. The third-order valence-electron chi connectivity index (χ3n) is 8.23. The number of nitrogens with one attached hydrogen (secondary N) is 1.